The van der Waals surface area contributed by atoms with Crippen molar-refractivity contribution in [1.29, 1.82) is 0 Å². The lowest BCUT2D eigenvalue weighted by atomic mass is 10.1. The second-order valence-corrected chi connectivity index (χ2v) is 6.40. The van der Waals surface area contributed by atoms with Crippen LogP contribution >= 0.6 is 0 Å². The van der Waals surface area contributed by atoms with Crippen LogP contribution in [0.15, 0.2) is 0 Å². The van der Waals surface area contributed by atoms with Crippen molar-refractivity contribution >= 4 is 11.8 Å². The van der Waals surface area contributed by atoms with E-state index in [0.29, 0.717) is 13.2 Å². The first kappa shape index (κ1) is 23.1. The molecule has 0 spiro atoms. The van der Waals surface area contributed by atoms with Gasteiger partial charge in [-0.1, -0.05) is 77.6 Å². The van der Waals surface area contributed by atoms with Gasteiger partial charge in [-0.05, 0) is 13.3 Å². The molecule has 142 valence electrons. The Hall–Kier alpha value is -0.900. The number of esters is 1. The zero-order valence-corrected chi connectivity index (χ0v) is 15.9. The summed E-state index contributed by atoms with van der Waals surface area (Å²) in [6.07, 6.45) is 16.0. The van der Waals surface area contributed by atoms with Crippen molar-refractivity contribution in [3.05, 3.63) is 0 Å². The molecule has 0 heterocycles. The minimum Gasteiger partial charge on any atom is -0.460 e. The average Bonchev–Trinajstić information content (AvgIpc) is 2.58. The minimum absolute atomic E-state index is 0.122. The van der Waals surface area contributed by atoms with Gasteiger partial charge in [0.2, 0.25) is 5.78 Å². The van der Waals surface area contributed by atoms with Gasteiger partial charge in [0.15, 0.2) is 0 Å². The van der Waals surface area contributed by atoms with Crippen molar-refractivity contribution in [1.82, 2.24) is 0 Å². The zero-order chi connectivity index (χ0) is 17.9. The molecule has 0 saturated heterocycles. The van der Waals surface area contributed by atoms with E-state index in [1.165, 1.54) is 70.6 Å². The summed E-state index contributed by atoms with van der Waals surface area (Å²) in [6, 6.07) is 0. The highest BCUT2D eigenvalue weighted by Gasteiger charge is 2.13. The molecule has 0 bridgehead atoms. The number of Topliss-reactive ketones (excluding diaryl/α,β-unsaturated/α-hetero) is 1. The maximum atomic E-state index is 11.3. The molecule has 0 N–H and O–H groups in total. The fourth-order valence-corrected chi connectivity index (χ4v) is 2.63. The molecule has 0 fully saturated rings. The lowest BCUT2D eigenvalue weighted by molar-refractivity contribution is -0.154. The van der Waals surface area contributed by atoms with Gasteiger partial charge in [-0.3, -0.25) is 4.79 Å². The number of ketones is 1. The number of unbranched alkanes of at least 4 members (excludes halogenated alkanes) is 11. The standard InChI is InChI=1S/C20H38O4/c1-3-5-6-7-8-9-10-11-12-13-14-15-17-23-18-16-19(21)20(22)24-4-2/h3-18H2,1-2H3. The first-order valence-electron chi connectivity index (χ1n) is 10.00. The number of hydrogen-bond donors (Lipinski definition) is 0. The van der Waals surface area contributed by atoms with Crippen molar-refractivity contribution in [3.63, 3.8) is 0 Å². The van der Waals surface area contributed by atoms with Gasteiger partial charge in [0.25, 0.3) is 0 Å². The van der Waals surface area contributed by atoms with Crippen LogP contribution in [0.2, 0.25) is 0 Å². The molecule has 0 aliphatic carbocycles. The summed E-state index contributed by atoms with van der Waals surface area (Å²) < 4.78 is 10.0. The van der Waals surface area contributed by atoms with Gasteiger partial charge in [0.1, 0.15) is 0 Å². The molecular formula is C20H38O4. The SMILES string of the molecule is CCCCCCCCCCCCCCOCCC(=O)C(=O)OCC. The highest BCUT2D eigenvalue weighted by Crippen LogP contribution is 2.11. The Morgan fingerprint density at radius 1 is 0.667 bits per heavy atom. The van der Waals surface area contributed by atoms with Crippen molar-refractivity contribution in [2.24, 2.45) is 0 Å². The largest absolute Gasteiger partial charge is 0.460 e. The molecule has 0 unspecified atom stereocenters. The number of ether oxygens (including phenoxy) is 2. The Bertz CT molecular complexity index is 302. The first-order valence-corrected chi connectivity index (χ1v) is 10.00. The Labute approximate surface area is 148 Å². The van der Waals surface area contributed by atoms with E-state index < -0.39 is 11.8 Å². The molecule has 0 atom stereocenters. The highest BCUT2D eigenvalue weighted by atomic mass is 16.5. The number of carbonyl (C=O) groups is 2. The molecule has 4 nitrogen and oxygen atoms in total. The molecule has 0 aliphatic rings. The molecule has 0 aromatic heterocycles. The van der Waals surface area contributed by atoms with E-state index in [1.807, 2.05) is 0 Å². The Kier molecular flexibility index (Phi) is 17.7. The van der Waals surface area contributed by atoms with E-state index >= 15 is 0 Å². The smallest absolute Gasteiger partial charge is 0.374 e. The Morgan fingerprint density at radius 3 is 1.67 bits per heavy atom. The van der Waals surface area contributed by atoms with Crippen LogP contribution in [0.1, 0.15) is 97.3 Å². The average molecular weight is 343 g/mol. The van der Waals surface area contributed by atoms with Crippen LogP contribution in [0.3, 0.4) is 0 Å². The monoisotopic (exact) mass is 342 g/mol. The normalized spacial score (nSPS) is 10.8. The lowest BCUT2D eigenvalue weighted by Crippen LogP contribution is -2.19. The molecule has 0 amide bonds. The quantitative estimate of drug-likeness (QED) is 0.194. The Morgan fingerprint density at radius 2 is 1.17 bits per heavy atom. The molecule has 0 rings (SSSR count). The predicted molar refractivity (Wildman–Crippen MR) is 98.2 cm³/mol. The molecular weight excluding hydrogens is 304 g/mol. The zero-order valence-electron chi connectivity index (χ0n) is 15.9. The first-order chi connectivity index (χ1) is 11.7. The van der Waals surface area contributed by atoms with E-state index in [0.717, 1.165) is 6.42 Å². The number of carbonyl (C=O) groups excluding carboxylic acids is 2. The highest BCUT2D eigenvalue weighted by molar-refractivity contribution is 6.33. The molecule has 0 aromatic rings. The van der Waals surface area contributed by atoms with Gasteiger partial charge in [-0.15, -0.1) is 0 Å². The third-order valence-corrected chi connectivity index (χ3v) is 4.12. The molecule has 24 heavy (non-hydrogen) atoms. The van der Waals surface area contributed by atoms with Crippen LogP contribution in [0.25, 0.3) is 0 Å². The maximum absolute atomic E-state index is 11.3. The van der Waals surface area contributed by atoms with Crippen LogP contribution in [0, 0.1) is 0 Å². The molecule has 4 heteroatoms. The van der Waals surface area contributed by atoms with E-state index in [4.69, 9.17) is 4.74 Å². The van der Waals surface area contributed by atoms with Crippen LogP contribution in [0.5, 0.6) is 0 Å². The van der Waals surface area contributed by atoms with Crippen molar-refractivity contribution in [2.75, 3.05) is 19.8 Å². The number of rotatable bonds is 18. The van der Waals surface area contributed by atoms with Crippen molar-refractivity contribution < 1.29 is 19.1 Å². The molecule has 0 saturated carbocycles. The van der Waals surface area contributed by atoms with Crippen LogP contribution in [-0.4, -0.2) is 31.6 Å². The molecule has 0 radical (unpaired) electrons. The molecule has 0 aliphatic heterocycles. The van der Waals surface area contributed by atoms with E-state index in [2.05, 4.69) is 11.7 Å². The summed E-state index contributed by atoms with van der Waals surface area (Å²) in [7, 11) is 0. The van der Waals surface area contributed by atoms with Gasteiger partial charge in [0, 0.05) is 13.0 Å². The topological polar surface area (TPSA) is 52.6 Å². The fourth-order valence-electron chi connectivity index (χ4n) is 2.63. The summed E-state index contributed by atoms with van der Waals surface area (Å²) in [6.45, 7) is 5.18. The summed E-state index contributed by atoms with van der Waals surface area (Å²) in [4.78, 5) is 22.4. The van der Waals surface area contributed by atoms with Gasteiger partial charge < -0.3 is 9.47 Å². The van der Waals surface area contributed by atoms with E-state index in [1.54, 1.807) is 6.92 Å². The maximum Gasteiger partial charge on any atom is 0.374 e. The van der Waals surface area contributed by atoms with Crippen LogP contribution in [0.4, 0.5) is 0 Å². The van der Waals surface area contributed by atoms with Gasteiger partial charge >= 0.3 is 5.97 Å². The molecule has 0 aromatic carbocycles. The summed E-state index contributed by atoms with van der Waals surface area (Å²) in [5.41, 5.74) is 0. The number of hydrogen-bond acceptors (Lipinski definition) is 4. The van der Waals surface area contributed by atoms with E-state index in [9.17, 15) is 9.59 Å². The van der Waals surface area contributed by atoms with Gasteiger partial charge in [-0.2, -0.15) is 0 Å². The third-order valence-electron chi connectivity index (χ3n) is 4.12. The summed E-state index contributed by atoms with van der Waals surface area (Å²) >= 11 is 0. The van der Waals surface area contributed by atoms with Crippen LogP contribution < -0.4 is 0 Å². The second kappa shape index (κ2) is 18.4. The van der Waals surface area contributed by atoms with Gasteiger partial charge in [0.05, 0.1) is 13.2 Å². The van der Waals surface area contributed by atoms with E-state index in [-0.39, 0.29) is 13.0 Å². The van der Waals surface area contributed by atoms with Crippen LogP contribution in [-0.2, 0) is 19.1 Å². The second-order valence-electron chi connectivity index (χ2n) is 6.40. The summed E-state index contributed by atoms with van der Waals surface area (Å²) in [5.74, 6) is -1.24. The Balaban J connectivity index is 3.15. The summed E-state index contributed by atoms with van der Waals surface area (Å²) in [5, 5.41) is 0. The fraction of sp³-hybridized carbons (Fsp3) is 0.900. The van der Waals surface area contributed by atoms with Gasteiger partial charge in [-0.25, -0.2) is 4.79 Å². The predicted octanol–water partition coefficient (Wildman–Crippen LogP) is 5.23. The third kappa shape index (κ3) is 16.0. The van der Waals surface area contributed by atoms with Crippen molar-refractivity contribution in [3.8, 4) is 0 Å². The minimum atomic E-state index is -0.744. The lowest BCUT2D eigenvalue weighted by Gasteiger charge is -2.04. The van der Waals surface area contributed by atoms with Crippen molar-refractivity contribution in [2.45, 2.75) is 97.3 Å².